The number of likely N-dealkylation sites (N-methyl/N-ethyl adjacent to an activating group) is 1. The highest BCUT2D eigenvalue weighted by Crippen LogP contribution is 2.20. The third-order valence-electron chi connectivity index (χ3n) is 4.31. The first-order valence-electron chi connectivity index (χ1n) is 8.04. The van der Waals surface area contributed by atoms with Gasteiger partial charge in [0, 0.05) is 31.8 Å². The molecule has 1 N–H and O–H groups in total. The maximum Gasteiger partial charge on any atom is 0.119 e. The largest absolute Gasteiger partial charge is 0.492 e. The molecule has 1 atom stereocenters. The molecular formula is C17H26N2O2. The van der Waals surface area contributed by atoms with Gasteiger partial charge in [0.05, 0.1) is 6.61 Å². The Kier molecular flexibility index (Phi) is 5.12. The van der Waals surface area contributed by atoms with Gasteiger partial charge >= 0.3 is 0 Å². The standard InChI is InChI=1S/C17H26N2O2/c1-19(16-7-9-20-13-16)8-10-21-17-4-2-3-14(11-17)12-18-15-5-6-15/h2-4,11,15-16,18H,5-10,12-13H2,1H3. The lowest BCUT2D eigenvalue weighted by Gasteiger charge is -2.22. The van der Waals surface area contributed by atoms with Gasteiger partial charge < -0.3 is 14.8 Å². The van der Waals surface area contributed by atoms with E-state index < -0.39 is 0 Å². The third kappa shape index (κ3) is 4.70. The van der Waals surface area contributed by atoms with E-state index in [1.807, 2.05) is 6.07 Å². The van der Waals surface area contributed by atoms with Crippen LogP contribution in [0.4, 0.5) is 0 Å². The van der Waals surface area contributed by atoms with E-state index >= 15 is 0 Å². The molecule has 1 aliphatic carbocycles. The van der Waals surface area contributed by atoms with Gasteiger partial charge in [0.25, 0.3) is 0 Å². The van der Waals surface area contributed by atoms with Gasteiger partial charge in [0.2, 0.25) is 0 Å². The molecule has 0 bridgehead atoms. The van der Waals surface area contributed by atoms with Gasteiger partial charge in [0.15, 0.2) is 0 Å². The molecule has 1 saturated heterocycles. The number of nitrogens with one attached hydrogen (secondary N) is 1. The number of benzene rings is 1. The summed E-state index contributed by atoms with van der Waals surface area (Å²) >= 11 is 0. The molecule has 1 heterocycles. The Morgan fingerprint density at radius 2 is 2.24 bits per heavy atom. The van der Waals surface area contributed by atoms with Gasteiger partial charge in [-0.25, -0.2) is 0 Å². The van der Waals surface area contributed by atoms with Crippen molar-refractivity contribution < 1.29 is 9.47 Å². The van der Waals surface area contributed by atoms with Crippen LogP contribution in [0, 0.1) is 0 Å². The lowest BCUT2D eigenvalue weighted by Crippen LogP contribution is -2.35. The van der Waals surface area contributed by atoms with Gasteiger partial charge in [0.1, 0.15) is 12.4 Å². The van der Waals surface area contributed by atoms with Gasteiger partial charge in [-0.3, -0.25) is 4.90 Å². The van der Waals surface area contributed by atoms with E-state index in [-0.39, 0.29) is 0 Å². The van der Waals surface area contributed by atoms with Gasteiger partial charge in [-0.1, -0.05) is 12.1 Å². The summed E-state index contributed by atoms with van der Waals surface area (Å²) in [4.78, 5) is 2.34. The number of ether oxygens (including phenoxy) is 2. The van der Waals surface area contributed by atoms with Crippen molar-refractivity contribution >= 4 is 0 Å². The predicted octanol–water partition coefficient (Wildman–Crippen LogP) is 2.04. The summed E-state index contributed by atoms with van der Waals surface area (Å²) < 4.78 is 11.3. The molecule has 1 aliphatic heterocycles. The fourth-order valence-electron chi connectivity index (χ4n) is 2.65. The van der Waals surface area contributed by atoms with Crippen molar-refractivity contribution in [3.63, 3.8) is 0 Å². The Morgan fingerprint density at radius 3 is 3.00 bits per heavy atom. The van der Waals surface area contributed by atoms with Crippen LogP contribution >= 0.6 is 0 Å². The van der Waals surface area contributed by atoms with Crippen LogP contribution in [0.25, 0.3) is 0 Å². The quantitative estimate of drug-likeness (QED) is 0.794. The highest BCUT2D eigenvalue weighted by Gasteiger charge is 2.20. The number of hydrogen-bond acceptors (Lipinski definition) is 4. The molecule has 116 valence electrons. The zero-order chi connectivity index (χ0) is 14.5. The van der Waals surface area contributed by atoms with E-state index in [4.69, 9.17) is 9.47 Å². The Bertz CT molecular complexity index is 442. The van der Waals surface area contributed by atoms with Crippen LogP contribution in [0.1, 0.15) is 24.8 Å². The lowest BCUT2D eigenvalue weighted by atomic mass is 10.2. The van der Waals surface area contributed by atoms with Crippen molar-refractivity contribution in [3.05, 3.63) is 29.8 Å². The minimum absolute atomic E-state index is 0.558. The highest BCUT2D eigenvalue weighted by molar-refractivity contribution is 5.28. The van der Waals surface area contributed by atoms with Gasteiger partial charge in [-0.05, 0) is 44.0 Å². The maximum atomic E-state index is 5.89. The van der Waals surface area contributed by atoms with Crippen molar-refractivity contribution in [3.8, 4) is 5.75 Å². The second-order valence-corrected chi connectivity index (χ2v) is 6.15. The first kappa shape index (κ1) is 14.8. The first-order valence-corrected chi connectivity index (χ1v) is 8.04. The Hall–Kier alpha value is -1.10. The van der Waals surface area contributed by atoms with Gasteiger partial charge in [-0.2, -0.15) is 0 Å². The molecule has 1 aromatic rings. The second kappa shape index (κ2) is 7.25. The minimum atomic E-state index is 0.558. The topological polar surface area (TPSA) is 33.7 Å². The summed E-state index contributed by atoms with van der Waals surface area (Å²) in [5.41, 5.74) is 1.30. The zero-order valence-corrected chi connectivity index (χ0v) is 12.9. The number of rotatable bonds is 8. The van der Waals surface area contributed by atoms with Crippen molar-refractivity contribution in [1.29, 1.82) is 0 Å². The molecule has 3 rings (SSSR count). The smallest absolute Gasteiger partial charge is 0.119 e. The molecule has 0 spiro atoms. The maximum absolute atomic E-state index is 5.89. The van der Waals surface area contributed by atoms with E-state index in [1.54, 1.807) is 0 Å². The van der Waals surface area contributed by atoms with Crippen LogP contribution < -0.4 is 10.1 Å². The molecular weight excluding hydrogens is 264 g/mol. The molecule has 0 radical (unpaired) electrons. The van der Waals surface area contributed by atoms with Crippen LogP contribution in [0.15, 0.2) is 24.3 Å². The molecule has 1 unspecified atom stereocenters. The second-order valence-electron chi connectivity index (χ2n) is 6.15. The van der Waals surface area contributed by atoms with E-state index in [2.05, 4.69) is 35.5 Å². The summed E-state index contributed by atoms with van der Waals surface area (Å²) in [6.45, 7) is 4.37. The fraction of sp³-hybridized carbons (Fsp3) is 0.647. The Balaban J connectivity index is 1.40. The van der Waals surface area contributed by atoms with Crippen molar-refractivity contribution in [2.45, 2.75) is 37.9 Å². The van der Waals surface area contributed by atoms with Crippen LogP contribution in [0.3, 0.4) is 0 Å². The SMILES string of the molecule is CN(CCOc1cccc(CNC2CC2)c1)C1CCOC1. The van der Waals surface area contributed by atoms with E-state index in [1.165, 1.54) is 18.4 Å². The van der Waals surface area contributed by atoms with E-state index in [0.717, 1.165) is 51.1 Å². The van der Waals surface area contributed by atoms with Crippen molar-refractivity contribution in [2.75, 3.05) is 33.4 Å². The summed E-state index contributed by atoms with van der Waals surface area (Å²) in [5, 5.41) is 3.53. The molecule has 1 aromatic carbocycles. The minimum Gasteiger partial charge on any atom is -0.492 e. The molecule has 0 amide bonds. The first-order chi connectivity index (χ1) is 10.3. The molecule has 1 saturated carbocycles. The van der Waals surface area contributed by atoms with Crippen molar-refractivity contribution in [1.82, 2.24) is 10.2 Å². The average Bonchev–Trinajstić information content (AvgIpc) is 3.17. The van der Waals surface area contributed by atoms with E-state index in [9.17, 15) is 0 Å². The molecule has 2 fully saturated rings. The lowest BCUT2D eigenvalue weighted by molar-refractivity contribution is 0.147. The number of nitrogens with zero attached hydrogens (tertiary/aromatic N) is 1. The van der Waals surface area contributed by atoms with Crippen LogP contribution in [0.2, 0.25) is 0 Å². The summed E-state index contributed by atoms with van der Waals surface area (Å²) in [6.07, 6.45) is 3.79. The average molecular weight is 290 g/mol. The molecule has 2 aliphatic rings. The van der Waals surface area contributed by atoms with Gasteiger partial charge in [-0.15, -0.1) is 0 Å². The summed E-state index contributed by atoms with van der Waals surface area (Å²) in [6, 6.07) is 9.73. The predicted molar refractivity (Wildman–Crippen MR) is 83.7 cm³/mol. The fourth-order valence-corrected chi connectivity index (χ4v) is 2.65. The third-order valence-corrected chi connectivity index (χ3v) is 4.31. The molecule has 21 heavy (non-hydrogen) atoms. The molecule has 4 heteroatoms. The van der Waals surface area contributed by atoms with Crippen LogP contribution in [-0.4, -0.2) is 50.4 Å². The van der Waals surface area contributed by atoms with E-state index in [0.29, 0.717) is 6.04 Å². The normalized spacial score (nSPS) is 21.9. The monoisotopic (exact) mass is 290 g/mol. The Labute approximate surface area is 127 Å². The summed E-state index contributed by atoms with van der Waals surface area (Å²) in [5.74, 6) is 0.973. The number of hydrogen-bond donors (Lipinski definition) is 1. The highest BCUT2D eigenvalue weighted by atomic mass is 16.5. The zero-order valence-electron chi connectivity index (χ0n) is 12.9. The molecule has 0 aromatic heterocycles. The van der Waals surface area contributed by atoms with Crippen LogP contribution in [0.5, 0.6) is 5.75 Å². The summed E-state index contributed by atoms with van der Waals surface area (Å²) in [7, 11) is 2.15. The Morgan fingerprint density at radius 1 is 1.33 bits per heavy atom. The molecule has 4 nitrogen and oxygen atoms in total. The van der Waals surface area contributed by atoms with Crippen molar-refractivity contribution in [2.24, 2.45) is 0 Å². The van der Waals surface area contributed by atoms with Crippen LogP contribution in [-0.2, 0) is 11.3 Å².